The normalized spacial score (nSPS) is 10.3. The van der Waals surface area contributed by atoms with Gasteiger partial charge in [-0.1, -0.05) is 6.07 Å². The van der Waals surface area contributed by atoms with Gasteiger partial charge in [-0.05, 0) is 26.0 Å². The molecule has 5 heteroatoms. The first-order chi connectivity index (χ1) is 9.65. The van der Waals surface area contributed by atoms with Crippen molar-refractivity contribution in [1.82, 2.24) is 15.1 Å². The van der Waals surface area contributed by atoms with Gasteiger partial charge in [-0.15, -0.1) is 0 Å². The molecule has 1 N–H and O–H groups in total. The zero-order valence-electron chi connectivity index (χ0n) is 12.0. The second-order valence-electron chi connectivity index (χ2n) is 4.52. The Balaban J connectivity index is 2.05. The molecular formula is C15H19N3O2. The lowest BCUT2D eigenvalue weighted by Crippen LogP contribution is -2.23. The number of amides is 1. The van der Waals surface area contributed by atoms with E-state index in [0.717, 1.165) is 23.4 Å². The first kappa shape index (κ1) is 14.1. The van der Waals surface area contributed by atoms with Crippen LogP contribution in [-0.2, 0) is 13.1 Å². The molecule has 0 aliphatic heterocycles. The van der Waals surface area contributed by atoms with Gasteiger partial charge in [-0.3, -0.25) is 9.48 Å². The summed E-state index contributed by atoms with van der Waals surface area (Å²) in [5.74, 6) is 0.613. The largest absolute Gasteiger partial charge is 0.496 e. The minimum absolute atomic E-state index is 0.106. The molecule has 0 spiro atoms. The Morgan fingerprint density at radius 3 is 2.90 bits per heavy atom. The van der Waals surface area contributed by atoms with Crippen LogP contribution in [0.15, 0.2) is 30.6 Å². The molecule has 0 radical (unpaired) electrons. The van der Waals surface area contributed by atoms with Crippen molar-refractivity contribution in [3.8, 4) is 5.75 Å². The number of aryl methyl sites for hydroxylation is 1. The molecule has 5 nitrogen and oxygen atoms in total. The maximum absolute atomic E-state index is 12.2. The van der Waals surface area contributed by atoms with Crippen LogP contribution in [0.4, 0.5) is 0 Å². The van der Waals surface area contributed by atoms with Crippen molar-refractivity contribution in [2.45, 2.75) is 26.9 Å². The summed E-state index contributed by atoms with van der Waals surface area (Å²) in [5.41, 5.74) is 2.46. The maximum Gasteiger partial charge on any atom is 0.251 e. The van der Waals surface area contributed by atoms with E-state index in [1.54, 1.807) is 19.4 Å². The van der Waals surface area contributed by atoms with Crippen molar-refractivity contribution < 1.29 is 9.53 Å². The zero-order chi connectivity index (χ0) is 14.5. The third kappa shape index (κ3) is 2.99. The average Bonchev–Trinajstić information content (AvgIpc) is 2.93. The summed E-state index contributed by atoms with van der Waals surface area (Å²) < 4.78 is 7.05. The van der Waals surface area contributed by atoms with E-state index in [2.05, 4.69) is 10.4 Å². The van der Waals surface area contributed by atoms with Crippen molar-refractivity contribution in [3.05, 3.63) is 47.3 Å². The average molecular weight is 273 g/mol. The van der Waals surface area contributed by atoms with Crippen LogP contribution >= 0.6 is 0 Å². The summed E-state index contributed by atoms with van der Waals surface area (Å²) in [5, 5.41) is 7.07. The van der Waals surface area contributed by atoms with Crippen molar-refractivity contribution in [3.63, 3.8) is 0 Å². The predicted octanol–water partition coefficient (Wildman–Crippen LogP) is 2.15. The Bertz CT molecular complexity index is 605. The first-order valence-electron chi connectivity index (χ1n) is 6.58. The standard InChI is InChI=1S/C15H19N3O2/c1-4-18-10-12(9-17-18)8-16-15(19)13-6-5-7-14(20-3)11(13)2/h5-7,9-10H,4,8H2,1-3H3,(H,16,19). The maximum atomic E-state index is 12.2. The van der Waals surface area contributed by atoms with E-state index in [1.807, 2.05) is 36.9 Å². The Hall–Kier alpha value is -2.30. The van der Waals surface area contributed by atoms with Gasteiger partial charge in [0.05, 0.1) is 13.3 Å². The first-order valence-corrected chi connectivity index (χ1v) is 6.58. The van der Waals surface area contributed by atoms with E-state index in [1.165, 1.54) is 0 Å². The minimum atomic E-state index is -0.106. The van der Waals surface area contributed by atoms with E-state index in [9.17, 15) is 4.79 Å². The van der Waals surface area contributed by atoms with Gasteiger partial charge in [0.1, 0.15) is 5.75 Å². The highest BCUT2D eigenvalue weighted by atomic mass is 16.5. The molecule has 1 aromatic heterocycles. The number of benzene rings is 1. The molecule has 0 atom stereocenters. The zero-order valence-corrected chi connectivity index (χ0v) is 12.0. The van der Waals surface area contributed by atoms with Crippen LogP contribution in [0, 0.1) is 6.92 Å². The number of aromatic nitrogens is 2. The molecule has 1 aromatic carbocycles. The van der Waals surface area contributed by atoms with Crippen LogP contribution in [0.5, 0.6) is 5.75 Å². The quantitative estimate of drug-likeness (QED) is 0.908. The Morgan fingerprint density at radius 1 is 1.45 bits per heavy atom. The fourth-order valence-corrected chi connectivity index (χ4v) is 2.03. The fourth-order valence-electron chi connectivity index (χ4n) is 2.03. The van der Waals surface area contributed by atoms with Gasteiger partial charge in [-0.2, -0.15) is 5.10 Å². The van der Waals surface area contributed by atoms with Crippen LogP contribution in [0.3, 0.4) is 0 Å². The van der Waals surface area contributed by atoms with Crippen LogP contribution in [-0.4, -0.2) is 22.8 Å². The number of hydrogen-bond donors (Lipinski definition) is 1. The third-order valence-electron chi connectivity index (χ3n) is 3.21. The summed E-state index contributed by atoms with van der Waals surface area (Å²) in [6.07, 6.45) is 3.70. The van der Waals surface area contributed by atoms with E-state index in [4.69, 9.17) is 4.74 Å². The van der Waals surface area contributed by atoms with Crippen molar-refractivity contribution >= 4 is 5.91 Å². The lowest BCUT2D eigenvalue weighted by Gasteiger charge is -2.10. The predicted molar refractivity (Wildman–Crippen MR) is 76.8 cm³/mol. The number of rotatable bonds is 5. The Morgan fingerprint density at radius 2 is 2.25 bits per heavy atom. The Kier molecular flexibility index (Phi) is 4.40. The number of carbonyl (C=O) groups excluding carboxylic acids is 1. The van der Waals surface area contributed by atoms with Gasteiger partial charge in [-0.25, -0.2) is 0 Å². The summed E-state index contributed by atoms with van der Waals surface area (Å²) in [6.45, 7) is 5.19. The molecule has 1 heterocycles. The number of methoxy groups -OCH3 is 1. The summed E-state index contributed by atoms with van der Waals surface area (Å²) in [4.78, 5) is 12.2. The van der Waals surface area contributed by atoms with Crippen LogP contribution in [0.25, 0.3) is 0 Å². The summed E-state index contributed by atoms with van der Waals surface area (Å²) in [6, 6.07) is 5.45. The van der Waals surface area contributed by atoms with E-state index in [-0.39, 0.29) is 5.91 Å². The summed E-state index contributed by atoms with van der Waals surface area (Å²) in [7, 11) is 1.60. The van der Waals surface area contributed by atoms with Gasteiger partial charge in [0.15, 0.2) is 0 Å². The van der Waals surface area contributed by atoms with E-state index >= 15 is 0 Å². The molecule has 0 unspecified atom stereocenters. The molecule has 1 amide bonds. The number of ether oxygens (including phenoxy) is 1. The highest BCUT2D eigenvalue weighted by Gasteiger charge is 2.11. The van der Waals surface area contributed by atoms with Crippen LogP contribution < -0.4 is 10.1 Å². The van der Waals surface area contributed by atoms with E-state index < -0.39 is 0 Å². The molecule has 0 aliphatic carbocycles. The molecule has 0 aliphatic rings. The van der Waals surface area contributed by atoms with Gasteiger partial charge in [0.25, 0.3) is 5.91 Å². The van der Waals surface area contributed by atoms with Gasteiger partial charge in [0, 0.05) is 36.0 Å². The highest BCUT2D eigenvalue weighted by Crippen LogP contribution is 2.20. The topological polar surface area (TPSA) is 56.2 Å². The molecular weight excluding hydrogens is 254 g/mol. The molecule has 2 rings (SSSR count). The SMILES string of the molecule is CCn1cc(CNC(=O)c2cccc(OC)c2C)cn1. The molecule has 0 saturated heterocycles. The van der Waals surface area contributed by atoms with Gasteiger partial charge < -0.3 is 10.1 Å². The minimum Gasteiger partial charge on any atom is -0.496 e. The van der Waals surface area contributed by atoms with Gasteiger partial charge >= 0.3 is 0 Å². The summed E-state index contributed by atoms with van der Waals surface area (Å²) >= 11 is 0. The molecule has 0 bridgehead atoms. The number of carbonyl (C=O) groups is 1. The molecule has 2 aromatic rings. The lowest BCUT2D eigenvalue weighted by atomic mass is 10.1. The van der Waals surface area contributed by atoms with Crippen molar-refractivity contribution in [2.24, 2.45) is 0 Å². The van der Waals surface area contributed by atoms with Crippen LogP contribution in [0.1, 0.15) is 28.4 Å². The molecule has 106 valence electrons. The fraction of sp³-hybridized carbons (Fsp3) is 0.333. The number of nitrogens with one attached hydrogen (secondary N) is 1. The Labute approximate surface area is 118 Å². The molecule has 20 heavy (non-hydrogen) atoms. The number of hydrogen-bond acceptors (Lipinski definition) is 3. The monoisotopic (exact) mass is 273 g/mol. The van der Waals surface area contributed by atoms with Crippen molar-refractivity contribution in [2.75, 3.05) is 7.11 Å². The lowest BCUT2D eigenvalue weighted by molar-refractivity contribution is 0.0950. The second-order valence-corrected chi connectivity index (χ2v) is 4.52. The second kappa shape index (κ2) is 6.23. The highest BCUT2D eigenvalue weighted by molar-refractivity contribution is 5.96. The molecule has 0 saturated carbocycles. The van der Waals surface area contributed by atoms with Crippen molar-refractivity contribution in [1.29, 1.82) is 0 Å². The molecule has 0 fully saturated rings. The third-order valence-corrected chi connectivity index (χ3v) is 3.21. The smallest absolute Gasteiger partial charge is 0.251 e. The van der Waals surface area contributed by atoms with E-state index in [0.29, 0.717) is 12.1 Å². The van der Waals surface area contributed by atoms with Crippen LogP contribution in [0.2, 0.25) is 0 Å². The number of nitrogens with zero attached hydrogens (tertiary/aromatic N) is 2. The van der Waals surface area contributed by atoms with Gasteiger partial charge in [0.2, 0.25) is 0 Å².